The Morgan fingerprint density at radius 3 is 1.50 bits per heavy atom. The lowest BCUT2D eigenvalue weighted by Gasteiger charge is -2.41. The molecule has 8 heteroatoms. The zero-order valence-corrected chi connectivity index (χ0v) is 38.9. The highest BCUT2D eigenvalue weighted by atomic mass is 16.5. The summed E-state index contributed by atoms with van der Waals surface area (Å²) in [6.45, 7) is 0. The van der Waals surface area contributed by atoms with E-state index in [-0.39, 0.29) is 0 Å². The average molecular weight is 909 g/mol. The van der Waals surface area contributed by atoms with E-state index in [4.69, 9.17) is 33.9 Å². The van der Waals surface area contributed by atoms with Crippen LogP contribution in [0.1, 0.15) is 27.8 Å². The fraction of sp³-hybridized carbons (Fsp3) is 0.0806. The third kappa shape index (κ3) is 6.06. The van der Waals surface area contributed by atoms with Gasteiger partial charge in [0.25, 0.3) is 0 Å². The quantitative estimate of drug-likeness (QED) is 0.142. The first kappa shape index (κ1) is 41.2. The molecule has 0 radical (unpaired) electrons. The van der Waals surface area contributed by atoms with Crippen LogP contribution in [0.2, 0.25) is 0 Å². The summed E-state index contributed by atoms with van der Waals surface area (Å²) in [6, 6.07) is 63.6. The SMILES string of the molecule is COc1ccc(C2=NC(=C3C=Cc4ccc5ccccc5c4C34c3c(ccc5ccc6ccccc6c35)-c3nc(-c5ccc(OC)cc5)c(-c5ccc(OC)cc5)n34)N=C2c2ccc(OC)cc2)cc1. The average Bonchev–Trinajstić information content (AvgIpc) is 4.13. The lowest BCUT2D eigenvalue weighted by Crippen LogP contribution is -2.39. The van der Waals surface area contributed by atoms with Crippen molar-refractivity contribution in [1.29, 1.82) is 0 Å². The number of aromatic nitrogens is 2. The van der Waals surface area contributed by atoms with Gasteiger partial charge in [-0.3, -0.25) is 0 Å². The molecule has 2 aliphatic heterocycles. The maximum Gasteiger partial charge on any atom is 0.159 e. The Morgan fingerprint density at radius 2 is 0.914 bits per heavy atom. The number of ether oxygens (including phenoxy) is 4. The Morgan fingerprint density at radius 1 is 0.429 bits per heavy atom. The molecule has 0 N–H and O–H groups in total. The second-order valence-corrected chi connectivity index (χ2v) is 17.7. The van der Waals surface area contributed by atoms with E-state index in [9.17, 15) is 0 Å². The van der Waals surface area contributed by atoms with Crippen LogP contribution in [0, 0.1) is 0 Å². The Kier molecular flexibility index (Phi) is 9.46. The zero-order chi connectivity index (χ0) is 47.1. The summed E-state index contributed by atoms with van der Waals surface area (Å²) in [7, 11) is 6.76. The minimum atomic E-state index is -1.12. The lowest BCUT2D eigenvalue weighted by molar-refractivity contribution is 0.414. The molecule has 0 amide bonds. The molecule has 1 aliphatic carbocycles. The molecule has 336 valence electrons. The number of benzene rings is 9. The van der Waals surface area contributed by atoms with Crippen molar-refractivity contribution in [3.63, 3.8) is 0 Å². The second-order valence-electron chi connectivity index (χ2n) is 17.7. The van der Waals surface area contributed by atoms with Crippen molar-refractivity contribution >= 4 is 49.8 Å². The summed E-state index contributed by atoms with van der Waals surface area (Å²) >= 11 is 0. The Bertz CT molecular complexity index is 3840. The zero-order valence-electron chi connectivity index (χ0n) is 38.9. The van der Waals surface area contributed by atoms with Crippen LogP contribution in [-0.4, -0.2) is 49.4 Å². The summed E-state index contributed by atoms with van der Waals surface area (Å²) in [6.07, 6.45) is 4.50. The van der Waals surface area contributed by atoms with Crippen molar-refractivity contribution in [2.75, 3.05) is 28.4 Å². The van der Waals surface area contributed by atoms with Gasteiger partial charge in [-0.25, -0.2) is 15.0 Å². The van der Waals surface area contributed by atoms with Crippen molar-refractivity contribution < 1.29 is 18.9 Å². The number of imidazole rings is 1. The van der Waals surface area contributed by atoms with Gasteiger partial charge in [0.2, 0.25) is 0 Å². The Balaban J connectivity index is 1.25. The first-order valence-electron chi connectivity index (χ1n) is 23.3. The predicted molar refractivity (Wildman–Crippen MR) is 282 cm³/mol. The van der Waals surface area contributed by atoms with Gasteiger partial charge < -0.3 is 23.5 Å². The van der Waals surface area contributed by atoms with Gasteiger partial charge in [0.15, 0.2) is 5.82 Å². The summed E-state index contributed by atoms with van der Waals surface area (Å²) in [5, 5.41) is 6.82. The van der Waals surface area contributed by atoms with E-state index >= 15 is 0 Å². The minimum absolute atomic E-state index is 0.600. The molecule has 1 aromatic heterocycles. The molecule has 3 heterocycles. The van der Waals surface area contributed by atoms with Crippen LogP contribution in [0.25, 0.3) is 72.3 Å². The van der Waals surface area contributed by atoms with E-state index in [0.29, 0.717) is 5.82 Å². The van der Waals surface area contributed by atoms with E-state index < -0.39 is 5.54 Å². The Hall–Kier alpha value is -9.01. The van der Waals surface area contributed by atoms with Crippen LogP contribution in [-0.2, 0) is 5.54 Å². The van der Waals surface area contributed by atoms with Crippen molar-refractivity contribution in [3.8, 4) is 56.9 Å². The lowest BCUT2D eigenvalue weighted by atomic mass is 9.68. The van der Waals surface area contributed by atoms with E-state index in [1.165, 1.54) is 0 Å². The van der Waals surface area contributed by atoms with Crippen molar-refractivity contribution in [2.45, 2.75) is 5.54 Å². The number of hydrogen-bond donors (Lipinski definition) is 0. The van der Waals surface area contributed by atoms with Gasteiger partial charge in [-0.2, -0.15) is 0 Å². The maximum absolute atomic E-state index is 5.83. The molecule has 1 atom stereocenters. The highest BCUT2D eigenvalue weighted by Crippen LogP contribution is 2.62. The van der Waals surface area contributed by atoms with Crippen molar-refractivity contribution in [1.82, 2.24) is 9.55 Å². The number of aliphatic imine (C=N–C) groups is 2. The first-order valence-corrected chi connectivity index (χ1v) is 23.3. The molecular formula is C62H44N4O4. The largest absolute Gasteiger partial charge is 0.497 e. The van der Waals surface area contributed by atoms with Crippen molar-refractivity contribution in [2.24, 2.45) is 9.98 Å². The smallest absolute Gasteiger partial charge is 0.159 e. The minimum Gasteiger partial charge on any atom is -0.497 e. The molecule has 70 heavy (non-hydrogen) atoms. The van der Waals surface area contributed by atoms with E-state index in [2.05, 4.69) is 150 Å². The molecule has 1 spiro atoms. The Labute approximate surface area is 404 Å². The molecule has 13 rings (SSSR count). The van der Waals surface area contributed by atoms with Crippen LogP contribution < -0.4 is 18.9 Å². The highest BCUT2D eigenvalue weighted by molar-refractivity contribution is 6.55. The second kappa shape index (κ2) is 16.1. The summed E-state index contributed by atoms with van der Waals surface area (Å²) < 4.78 is 25.2. The normalized spacial score (nSPS) is 15.5. The maximum atomic E-state index is 5.83. The molecule has 0 saturated carbocycles. The fourth-order valence-electron chi connectivity index (χ4n) is 11.0. The molecule has 8 nitrogen and oxygen atoms in total. The molecule has 3 aliphatic rings. The first-order chi connectivity index (χ1) is 34.5. The van der Waals surface area contributed by atoms with Gasteiger partial charge in [0, 0.05) is 44.5 Å². The predicted octanol–water partition coefficient (Wildman–Crippen LogP) is 13.7. The van der Waals surface area contributed by atoms with Crippen LogP contribution in [0.3, 0.4) is 0 Å². The molecule has 10 aromatic rings. The van der Waals surface area contributed by atoms with Gasteiger partial charge in [0.1, 0.15) is 34.4 Å². The van der Waals surface area contributed by atoms with Gasteiger partial charge >= 0.3 is 0 Å². The van der Waals surface area contributed by atoms with Crippen LogP contribution in [0.4, 0.5) is 0 Å². The van der Waals surface area contributed by atoms with Gasteiger partial charge in [0.05, 0.1) is 51.3 Å². The summed E-state index contributed by atoms with van der Waals surface area (Å²) in [4.78, 5) is 17.3. The number of rotatable bonds is 8. The monoisotopic (exact) mass is 908 g/mol. The number of fused-ring (bicyclic) bond motifs is 13. The van der Waals surface area contributed by atoms with Crippen LogP contribution >= 0.6 is 0 Å². The van der Waals surface area contributed by atoms with Gasteiger partial charge in [-0.15, -0.1) is 0 Å². The highest BCUT2D eigenvalue weighted by Gasteiger charge is 2.55. The topological polar surface area (TPSA) is 79.5 Å². The summed E-state index contributed by atoms with van der Waals surface area (Å²) in [5.74, 6) is 4.49. The van der Waals surface area contributed by atoms with Gasteiger partial charge in [-0.1, -0.05) is 97.1 Å². The standard InChI is InChI=1S/C62H44N4O4/c1-67-45-27-17-41(18-28-45)56-57(42-19-29-46(68-2)30-20-42)64-60(63-56)52-36-26-40-16-14-38-10-6-8-12-50(38)54(40)62(52)55-51(35-25-39-15-13-37-9-5-7-11-49(37)53(39)55)61-65-58(43-21-31-47(69-3)32-22-43)59(66(61)62)44-23-33-48(70-4)34-24-44/h5-36H,1-4H3. The molecule has 1 unspecified atom stereocenters. The molecule has 0 fully saturated rings. The molecular weight excluding hydrogens is 865 g/mol. The van der Waals surface area contributed by atoms with E-state index in [0.717, 1.165) is 134 Å². The number of methoxy groups -OCH3 is 4. The van der Waals surface area contributed by atoms with E-state index in [1.807, 2.05) is 48.5 Å². The van der Waals surface area contributed by atoms with Gasteiger partial charge in [-0.05, 0) is 135 Å². The molecule has 0 saturated heterocycles. The number of allylic oxidation sites excluding steroid dienone is 2. The third-order valence-electron chi connectivity index (χ3n) is 14.2. The molecule has 9 aromatic carbocycles. The number of nitrogens with zero attached hydrogens (tertiary/aromatic N) is 4. The third-order valence-corrected chi connectivity index (χ3v) is 14.2. The fourth-order valence-corrected chi connectivity index (χ4v) is 11.0. The summed E-state index contributed by atoms with van der Waals surface area (Å²) in [5.41, 5.74) is 11.2. The van der Waals surface area contributed by atoms with E-state index in [1.54, 1.807) is 28.4 Å². The number of hydrogen-bond acceptors (Lipinski definition) is 7. The van der Waals surface area contributed by atoms with Crippen LogP contribution in [0.5, 0.6) is 23.0 Å². The van der Waals surface area contributed by atoms with Crippen molar-refractivity contribution in [3.05, 3.63) is 227 Å². The molecule has 0 bridgehead atoms. The van der Waals surface area contributed by atoms with Crippen LogP contribution in [0.15, 0.2) is 209 Å².